The average Bonchev–Trinajstić information content (AvgIpc) is 2.47. The zero-order valence-electron chi connectivity index (χ0n) is 13.2. The van der Waals surface area contributed by atoms with Gasteiger partial charge in [-0.1, -0.05) is 41.4 Å². The van der Waals surface area contributed by atoms with Gasteiger partial charge in [-0.15, -0.1) is 0 Å². The molecule has 1 atom stereocenters. The standard InChI is InChI=1S/C18H23ClN2/c1-13-5-10-18(16(11-13)12-20-3)21(4)14(2)15-6-8-17(19)9-7-15/h5-11,14,20H,12H2,1-4H3. The molecule has 1 N–H and O–H groups in total. The molecule has 0 bridgehead atoms. The van der Waals surface area contributed by atoms with Crippen LogP contribution in [0.4, 0.5) is 5.69 Å². The summed E-state index contributed by atoms with van der Waals surface area (Å²) in [5.74, 6) is 0. The maximum absolute atomic E-state index is 5.97. The molecule has 0 aliphatic heterocycles. The van der Waals surface area contributed by atoms with Crippen molar-refractivity contribution in [2.45, 2.75) is 26.4 Å². The molecule has 0 heterocycles. The zero-order chi connectivity index (χ0) is 15.4. The molecule has 0 saturated heterocycles. The summed E-state index contributed by atoms with van der Waals surface area (Å²) in [5.41, 5.74) is 5.13. The van der Waals surface area contributed by atoms with E-state index in [1.54, 1.807) is 0 Å². The zero-order valence-corrected chi connectivity index (χ0v) is 13.9. The predicted octanol–water partition coefficient (Wildman–Crippen LogP) is 4.57. The first-order chi connectivity index (χ1) is 10.0. The summed E-state index contributed by atoms with van der Waals surface area (Å²) >= 11 is 5.97. The Kier molecular flexibility index (Phi) is 5.27. The molecule has 0 amide bonds. The van der Waals surface area contributed by atoms with E-state index >= 15 is 0 Å². The molecule has 21 heavy (non-hydrogen) atoms. The van der Waals surface area contributed by atoms with Crippen molar-refractivity contribution in [3.05, 3.63) is 64.2 Å². The predicted molar refractivity (Wildman–Crippen MR) is 92.2 cm³/mol. The highest BCUT2D eigenvalue weighted by Crippen LogP contribution is 2.29. The van der Waals surface area contributed by atoms with Gasteiger partial charge in [-0.05, 0) is 50.2 Å². The van der Waals surface area contributed by atoms with Gasteiger partial charge >= 0.3 is 0 Å². The second-order valence-corrected chi connectivity index (χ2v) is 5.94. The van der Waals surface area contributed by atoms with Crippen molar-refractivity contribution in [1.82, 2.24) is 5.32 Å². The maximum atomic E-state index is 5.97. The van der Waals surface area contributed by atoms with Gasteiger partial charge in [0, 0.05) is 24.3 Å². The van der Waals surface area contributed by atoms with Crippen LogP contribution in [0.3, 0.4) is 0 Å². The highest BCUT2D eigenvalue weighted by molar-refractivity contribution is 6.30. The number of nitrogens with zero attached hydrogens (tertiary/aromatic N) is 1. The molecule has 2 nitrogen and oxygen atoms in total. The van der Waals surface area contributed by atoms with E-state index in [-0.39, 0.29) is 0 Å². The second kappa shape index (κ2) is 6.97. The maximum Gasteiger partial charge on any atom is 0.0511 e. The Hall–Kier alpha value is -1.51. The second-order valence-electron chi connectivity index (χ2n) is 5.50. The number of hydrogen-bond acceptors (Lipinski definition) is 2. The average molecular weight is 303 g/mol. The molecule has 0 fully saturated rings. The highest BCUT2D eigenvalue weighted by atomic mass is 35.5. The van der Waals surface area contributed by atoms with Gasteiger partial charge in [-0.25, -0.2) is 0 Å². The summed E-state index contributed by atoms with van der Waals surface area (Å²) in [7, 11) is 4.12. The van der Waals surface area contributed by atoms with Gasteiger partial charge in [0.15, 0.2) is 0 Å². The Morgan fingerprint density at radius 3 is 2.43 bits per heavy atom. The third-order valence-electron chi connectivity index (χ3n) is 3.92. The number of aryl methyl sites for hydroxylation is 1. The van der Waals surface area contributed by atoms with E-state index in [4.69, 9.17) is 11.6 Å². The topological polar surface area (TPSA) is 15.3 Å². The summed E-state index contributed by atoms with van der Waals surface area (Å²) in [5, 5.41) is 4.03. The first kappa shape index (κ1) is 15.9. The third-order valence-corrected chi connectivity index (χ3v) is 4.17. The lowest BCUT2D eigenvalue weighted by Gasteiger charge is -2.30. The molecular weight excluding hydrogens is 280 g/mol. The molecule has 0 aliphatic carbocycles. The number of nitrogens with one attached hydrogen (secondary N) is 1. The number of rotatable bonds is 5. The van der Waals surface area contributed by atoms with Gasteiger partial charge in [0.25, 0.3) is 0 Å². The molecule has 3 heteroatoms. The third kappa shape index (κ3) is 3.78. The molecular formula is C18H23ClN2. The van der Waals surface area contributed by atoms with Crippen LogP contribution in [0.5, 0.6) is 0 Å². The van der Waals surface area contributed by atoms with E-state index in [9.17, 15) is 0 Å². The minimum absolute atomic E-state index is 0.292. The van der Waals surface area contributed by atoms with E-state index in [2.05, 4.69) is 61.4 Å². The Morgan fingerprint density at radius 2 is 1.81 bits per heavy atom. The fourth-order valence-electron chi connectivity index (χ4n) is 2.56. The van der Waals surface area contributed by atoms with Gasteiger partial charge in [0.05, 0.1) is 6.04 Å². The van der Waals surface area contributed by atoms with Gasteiger partial charge in [-0.2, -0.15) is 0 Å². The SMILES string of the molecule is CNCc1cc(C)ccc1N(C)C(C)c1ccc(Cl)cc1. The van der Waals surface area contributed by atoms with Crippen molar-refractivity contribution in [2.75, 3.05) is 19.0 Å². The monoisotopic (exact) mass is 302 g/mol. The van der Waals surface area contributed by atoms with E-state index in [0.29, 0.717) is 6.04 Å². The summed E-state index contributed by atoms with van der Waals surface area (Å²) < 4.78 is 0. The molecule has 1 unspecified atom stereocenters. The van der Waals surface area contributed by atoms with Crippen LogP contribution in [0.2, 0.25) is 5.02 Å². The van der Waals surface area contributed by atoms with Gasteiger partial charge in [0.2, 0.25) is 0 Å². The number of hydrogen-bond donors (Lipinski definition) is 1. The molecule has 0 saturated carbocycles. The summed E-state index contributed by atoms with van der Waals surface area (Å²) in [6, 6.07) is 15.0. The number of benzene rings is 2. The molecule has 2 aromatic rings. The van der Waals surface area contributed by atoms with Crippen molar-refractivity contribution in [3.8, 4) is 0 Å². The van der Waals surface area contributed by atoms with Crippen molar-refractivity contribution in [1.29, 1.82) is 0 Å². The first-order valence-corrected chi connectivity index (χ1v) is 7.63. The Labute approximate surface area is 132 Å². The fraction of sp³-hybridized carbons (Fsp3) is 0.333. The van der Waals surface area contributed by atoms with E-state index < -0.39 is 0 Å². The van der Waals surface area contributed by atoms with Crippen LogP contribution in [0.15, 0.2) is 42.5 Å². The summed E-state index contributed by atoms with van der Waals surface area (Å²) in [6.07, 6.45) is 0. The summed E-state index contributed by atoms with van der Waals surface area (Å²) in [4.78, 5) is 2.31. The molecule has 0 aromatic heterocycles. The van der Waals surface area contributed by atoms with Gasteiger partial charge in [0.1, 0.15) is 0 Å². The van der Waals surface area contributed by atoms with Crippen LogP contribution in [0.1, 0.15) is 29.7 Å². The molecule has 0 spiro atoms. The Bertz CT molecular complexity index is 593. The lowest BCUT2D eigenvalue weighted by Crippen LogP contribution is -2.23. The van der Waals surface area contributed by atoms with E-state index in [1.165, 1.54) is 22.4 Å². The van der Waals surface area contributed by atoms with Gasteiger partial charge in [-0.3, -0.25) is 0 Å². The van der Waals surface area contributed by atoms with E-state index in [1.807, 2.05) is 19.2 Å². The van der Waals surface area contributed by atoms with Crippen molar-refractivity contribution in [2.24, 2.45) is 0 Å². The Morgan fingerprint density at radius 1 is 1.14 bits per heavy atom. The van der Waals surface area contributed by atoms with Crippen LogP contribution in [0, 0.1) is 6.92 Å². The first-order valence-electron chi connectivity index (χ1n) is 7.25. The molecule has 0 aliphatic rings. The summed E-state index contributed by atoms with van der Waals surface area (Å²) in [6.45, 7) is 5.21. The Balaban J connectivity index is 2.30. The van der Waals surface area contributed by atoms with Crippen molar-refractivity contribution in [3.63, 3.8) is 0 Å². The van der Waals surface area contributed by atoms with Crippen molar-refractivity contribution >= 4 is 17.3 Å². The van der Waals surface area contributed by atoms with Crippen molar-refractivity contribution < 1.29 is 0 Å². The highest BCUT2D eigenvalue weighted by Gasteiger charge is 2.15. The van der Waals surface area contributed by atoms with E-state index in [0.717, 1.165) is 11.6 Å². The smallest absolute Gasteiger partial charge is 0.0511 e. The van der Waals surface area contributed by atoms with Crippen LogP contribution < -0.4 is 10.2 Å². The molecule has 112 valence electrons. The molecule has 2 aromatic carbocycles. The van der Waals surface area contributed by atoms with Crippen LogP contribution in [0.25, 0.3) is 0 Å². The largest absolute Gasteiger partial charge is 0.368 e. The van der Waals surface area contributed by atoms with Gasteiger partial charge < -0.3 is 10.2 Å². The minimum atomic E-state index is 0.292. The van der Waals surface area contributed by atoms with Crippen LogP contribution >= 0.6 is 11.6 Å². The fourth-order valence-corrected chi connectivity index (χ4v) is 2.69. The normalized spacial score (nSPS) is 12.2. The lowest BCUT2D eigenvalue weighted by molar-refractivity contribution is 0.726. The minimum Gasteiger partial charge on any atom is -0.368 e. The quantitative estimate of drug-likeness (QED) is 0.870. The van der Waals surface area contributed by atoms with Crippen LogP contribution in [-0.4, -0.2) is 14.1 Å². The van der Waals surface area contributed by atoms with Crippen LogP contribution in [-0.2, 0) is 6.54 Å². The number of anilines is 1. The molecule has 0 radical (unpaired) electrons. The molecule has 2 rings (SSSR count). The lowest BCUT2D eigenvalue weighted by atomic mass is 10.0. The number of halogens is 1.